The number of azide groups is 1. The second-order valence-corrected chi connectivity index (χ2v) is 3.61. The van der Waals surface area contributed by atoms with Crippen molar-refractivity contribution in [2.24, 2.45) is 5.11 Å². The normalized spacial score (nSPS) is 11.4. The lowest BCUT2D eigenvalue weighted by atomic mass is 10.1. The van der Waals surface area contributed by atoms with Gasteiger partial charge in [0.05, 0.1) is 7.11 Å². The summed E-state index contributed by atoms with van der Waals surface area (Å²) in [6, 6.07) is 3.34. The number of carboxylic acid groups (broad SMARTS) is 1. The largest absolute Gasteiger partial charge is 0.504 e. The van der Waals surface area contributed by atoms with E-state index in [2.05, 4.69) is 15.3 Å². The molecule has 0 aliphatic heterocycles. The van der Waals surface area contributed by atoms with Crippen LogP contribution in [0.4, 0.5) is 0 Å². The highest BCUT2D eigenvalue weighted by atomic mass is 16.5. The number of phenolic OH excluding ortho intramolecular Hbond substituents is 1. The number of rotatable bonds is 7. The number of nitrogens with one attached hydrogen (secondary N) is 1. The summed E-state index contributed by atoms with van der Waals surface area (Å²) >= 11 is 0. The van der Waals surface area contributed by atoms with Crippen LogP contribution in [0.1, 0.15) is 11.6 Å². The summed E-state index contributed by atoms with van der Waals surface area (Å²) in [7, 11) is 1.40. The first-order chi connectivity index (χ1) is 9.10. The lowest BCUT2D eigenvalue weighted by Gasteiger charge is -2.15. The molecule has 0 bridgehead atoms. The van der Waals surface area contributed by atoms with E-state index in [1.54, 1.807) is 0 Å². The molecule has 0 aromatic heterocycles. The number of hydrogen-bond acceptors (Lipinski definition) is 5. The van der Waals surface area contributed by atoms with Crippen molar-refractivity contribution >= 4 is 5.97 Å². The van der Waals surface area contributed by atoms with Crippen molar-refractivity contribution in [3.63, 3.8) is 0 Å². The molecule has 102 valence electrons. The Balaban J connectivity index is 2.83. The van der Waals surface area contributed by atoms with Gasteiger partial charge >= 0.3 is 5.97 Å². The maximum absolute atomic E-state index is 11.2. The predicted octanol–water partition coefficient (Wildman–Crippen LogP) is 1.43. The van der Waals surface area contributed by atoms with Crippen LogP contribution < -0.4 is 10.1 Å². The van der Waals surface area contributed by atoms with Gasteiger partial charge in [0, 0.05) is 18.0 Å². The minimum Gasteiger partial charge on any atom is -0.504 e. The molecule has 1 aromatic rings. The van der Waals surface area contributed by atoms with Crippen molar-refractivity contribution in [1.82, 2.24) is 5.32 Å². The molecular weight excluding hydrogens is 252 g/mol. The monoisotopic (exact) mass is 266 g/mol. The third-order valence-electron chi connectivity index (χ3n) is 2.41. The first kappa shape index (κ1) is 14.6. The molecule has 0 aliphatic rings. The van der Waals surface area contributed by atoms with Crippen LogP contribution in [0.3, 0.4) is 0 Å². The van der Waals surface area contributed by atoms with Crippen LogP contribution >= 0.6 is 0 Å². The molecule has 0 spiro atoms. The zero-order valence-electron chi connectivity index (χ0n) is 10.3. The van der Waals surface area contributed by atoms with Gasteiger partial charge in [-0.15, -0.1) is 0 Å². The molecule has 1 rings (SSSR count). The van der Waals surface area contributed by atoms with Gasteiger partial charge in [-0.05, 0) is 23.2 Å². The zero-order chi connectivity index (χ0) is 14.3. The topological polar surface area (TPSA) is 128 Å². The average Bonchev–Trinajstić information content (AvgIpc) is 2.38. The number of carboxylic acids is 1. The van der Waals surface area contributed by atoms with Crippen molar-refractivity contribution < 1.29 is 19.7 Å². The van der Waals surface area contributed by atoms with E-state index < -0.39 is 12.0 Å². The second kappa shape index (κ2) is 7.10. The minimum absolute atomic E-state index is 0.136. The Morgan fingerprint density at radius 1 is 1.63 bits per heavy atom. The maximum Gasteiger partial charge on any atom is 0.325 e. The number of hydrogen-bond donors (Lipinski definition) is 3. The fraction of sp³-hybridized carbons (Fsp3) is 0.364. The quantitative estimate of drug-likeness (QED) is 0.297. The SMILES string of the molecule is COc1ccc(C(NCCN=[N+]=[N-])C(=O)O)cc1O. The average molecular weight is 266 g/mol. The number of aromatic hydroxyl groups is 1. The van der Waals surface area contributed by atoms with Crippen molar-refractivity contribution in [3.8, 4) is 11.5 Å². The molecule has 8 nitrogen and oxygen atoms in total. The molecule has 1 unspecified atom stereocenters. The summed E-state index contributed by atoms with van der Waals surface area (Å²) in [5.74, 6) is -0.962. The lowest BCUT2D eigenvalue weighted by molar-refractivity contribution is -0.139. The van der Waals surface area contributed by atoms with Crippen LogP contribution in [0, 0.1) is 0 Å². The number of aliphatic carboxylic acids is 1. The molecule has 3 N–H and O–H groups in total. The summed E-state index contributed by atoms with van der Waals surface area (Å²) in [5.41, 5.74) is 8.50. The fourth-order valence-corrected chi connectivity index (χ4v) is 1.54. The summed E-state index contributed by atoms with van der Waals surface area (Å²) < 4.78 is 4.88. The highest BCUT2D eigenvalue weighted by Crippen LogP contribution is 2.28. The van der Waals surface area contributed by atoms with Gasteiger partial charge in [0.1, 0.15) is 6.04 Å². The van der Waals surface area contributed by atoms with E-state index >= 15 is 0 Å². The lowest BCUT2D eigenvalue weighted by Crippen LogP contribution is -2.30. The van der Waals surface area contributed by atoms with Crippen LogP contribution in [0.2, 0.25) is 0 Å². The highest BCUT2D eigenvalue weighted by Gasteiger charge is 2.20. The minimum atomic E-state index is -1.09. The van der Waals surface area contributed by atoms with Crippen molar-refractivity contribution in [1.29, 1.82) is 0 Å². The van der Waals surface area contributed by atoms with Gasteiger partial charge in [-0.1, -0.05) is 11.2 Å². The van der Waals surface area contributed by atoms with Gasteiger partial charge in [-0.3, -0.25) is 4.79 Å². The molecule has 0 heterocycles. The van der Waals surface area contributed by atoms with Crippen LogP contribution in [0.15, 0.2) is 23.3 Å². The van der Waals surface area contributed by atoms with Crippen molar-refractivity contribution in [3.05, 3.63) is 34.2 Å². The molecule has 0 aliphatic carbocycles. The van der Waals surface area contributed by atoms with E-state index in [-0.39, 0.29) is 24.6 Å². The molecule has 0 saturated carbocycles. The van der Waals surface area contributed by atoms with Gasteiger partial charge < -0.3 is 20.3 Å². The van der Waals surface area contributed by atoms with Crippen molar-refractivity contribution in [2.45, 2.75) is 6.04 Å². The van der Waals surface area contributed by atoms with Crippen LogP contribution in [-0.4, -0.2) is 36.4 Å². The highest BCUT2D eigenvalue weighted by molar-refractivity contribution is 5.76. The number of carbonyl (C=O) groups is 1. The Morgan fingerprint density at radius 2 is 2.37 bits per heavy atom. The zero-order valence-corrected chi connectivity index (χ0v) is 10.3. The van der Waals surface area contributed by atoms with E-state index in [0.717, 1.165) is 0 Å². The Morgan fingerprint density at radius 3 is 2.89 bits per heavy atom. The Bertz CT molecular complexity index is 499. The van der Waals surface area contributed by atoms with Gasteiger partial charge in [-0.2, -0.15) is 0 Å². The molecule has 0 radical (unpaired) electrons. The molecule has 0 saturated heterocycles. The number of methoxy groups -OCH3 is 1. The summed E-state index contributed by atoms with van der Waals surface area (Å²) in [6.45, 7) is 0.357. The molecule has 1 atom stereocenters. The summed E-state index contributed by atoms with van der Waals surface area (Å²) in [4.78, 5) is 13.7. The Hall–Kier alpha value is -2.44. The predicted molar refractivity (Wildman–Crippen MR) is 67.1 cm³/mol. The first-order valence-corrected chi connectivity index (χ1v) is 5.44. The third kappa shape index (κ3) is 4.06. The molecule has 8 heteroatoms. The molecule has 0 amide bonds. The Labute approximate surface area is 109 Å². The first-order valence-electron chi connectivity index (χ1n) is 5.44. The van der Waals surface area contributed by atoms with E-state index in [1.807, 2.05) is 0 Å². The van der Waals surface area contributed by atoms with Crippen LogP contribution in [-0.2, 0) is 4.79 Å². The van der Waals surface area contributed by atoms with Gasteiger partial charge in [0.25, 0.3) is 0 Å². The Kier molecular flexibility index (Phi) is 5.46. The molecule has 19 heavy (non-hydrogen) atoms. The van der Waals surface area contributed by atoms with Crippen LogP contribution in [0.25, 0.3) is 10.4 Å². The van der Waals surface area contributed by atoms with E-state index in [4.69, 9.17) is 15.4 Å². The van der Waals surface area contributed by atoms with Crippen LogP contribution in [0.5, 0.6) is 11.5 Å². The van der Waals surface area contributed by atoms with Crippen molar-refractivity contribution in [2.75, 3.05) is 20.2 Å². The van der Waals surface area contributed by atoms with E-state index in [9.17, 15) is 9.90 Å². The maximum atomic E-state index is 11.2. The molecule has 0 fully saturated rings. The van der Waals surface area contributed by atoms with Gasteiger partial charge in [0.2, 0.25) is 0 Å². The fourth-order valence-electron chi connectivity index (χ4n) is 1.54. The smallest absolute Gasteiger partial charge is 0.325 e. The standard InChI is InChI=1S/C11H14N4O4/c1-19-9-3-2-7(6-8(9)16)10(11(17)18)13-4-5-14-15-12/h2-3,6,10,13,16H,4-5H2,1H3,(H,17,18). The number of phenols is 1. The molecular formula is C11H14N4O4. The summed E-state index contributed by atoms with van der Waals surface area (Å²) in [6.07, 6.45) is 0. The third-order valence-corrected chi connectivity index (χ3v) is 2.41. The van der Waals surface area contributed by atoms with E-state index in [1.165, 1.54) is 25.3 Å². The number of nitrogens with zero attached hydrogens (tertiary/aromatic N) is 3. The second-order valence-electron chi connectivity index (χ2n) is 3.61. The van der Waals surface area contributed by atoms with Gasteiger partial charge in [-0.25, -0.2) is 0 Å². The van der Waals surface area contributed by atoms with Gasteiger partial charge in [0.15, 0.2) is 11.5 Å². The molecule has 1 aromatic carbocycles. The number of benzene rings is 1. The number of ether oxygens (including phenoxy) is 1. The van der Waals surface area contributed by atoms with E-state index in [0.29, 0.717) is 5.56 Å². The summed E-state index contributed by atoms with van der Waals surface area (Å²) in [5, 5.41) is 24.8.